The summed E-state index contributed by atoms with van der Waals surface area (Å²) in [6, 6.07) is 0. The Balaban J connectivity index is 4.29. The number of hydrogen-bond donors (Lipinski definition) is 0. The second-order valence-corrected chi connectivity index (χ2v) is 3.54. The van der Waals surface area contributed by atoms with Gasteiger partial charge in [-0.3, -0.25) is 4.79 Å². The third-order valence-electron chi connectivity index (χ3n) is 2.30. The molecule has 0 aliphatic rings. The molecule has 3 nitrogen and oxygen atoms in total. The molecule has 0 bridgehead atoms. The van der Waals surface area contributed by atoms with Crippen molar-refractivity contribution in [3.63, 3.8) is 0 Å². The molecule has 0 atom stereocenters. The van der Waals surface area contributed by atoms with E-state index in [0.717, 1.165) is 31.3 Å². The highest BCUT2D eigenvalue weighted by molar-refractivity contribution is 5.93. The van der Waals surface area contributed by atoms with Crippen LogP contribution < -0.4 is 0 Å². The first-order chi connectivity index (χ1) is 7.15. The fraction of sp³-hybridized carbons (Fsp3) is 0.750. The van der Waals surface area contributed by atoms with Crippen LogP contribution in [0.2, 0.25) is 0 Å². The van der Waals surface area contributed by atoms with Crippen molar-refractivity contribution in [1.29, 1.82) is 0 Å². The lowest BCUT2D eigenvalue weighted by Crippen LogP contribution is -2.12. The maximum Gasteiger partial charge on any atom is 0.176 e. The van der Waals surface area contributed by atoms with E-state index in [4.69, 9.17) is 9.47 Å². The van der Waals surface area contributed by atoms with Crippen LogP contribution in [-0.4, -0.2) is 26.3 Å². The molecule has 0 radical (unpaired) electrons. The van der Waals surface area contributed by atoms with E-state index in [1.807, 2.05) is 0 Å². The van der Waals surface area contributed by atoms with Crippen LogP contribution in [0.1, 0.15) is 39.5 Å². The molecule has 88 valence electrons. The number of unbranched alkanes of at least 4 members (excludes halogenated alkanes) is 2. The van der Waals surface area contributed by atoms with Gasteiger partial charge in [-0.15, -0.1) is 0 Å². The van der Waals surface area contributed by atoms with Crippen LogP contribution in [0.25, 0.3) is 0 Å². The molecule has 0 fully saturated rings. The number of carbonyl (C=O) groups is 1. The van der Waals surface area contributed by atoms with Gasteiger partial charge < -0.3 is 9.47 Å². The minimum absolute atomic E-state index is 0.102. The molecule has 15 heavy (non-hydrogen) atoms. The molecule has 0 aliphatic carbocycles. The van der Waals surface area contributed by atoms with Crippen LogP contribution in [0, 0.1) is 0 Å². The van der Waals surface area contributed by atoms with E-state index in [1.165, 1.54) is 0 Å². The van der Waals surface area contributed by atoms with E-state index in [-0.39, 0.29) is 5.78 Å². The van der Waals surface area contributed by atoms with Gasteiger partial charge in [-0.2, -0.15) is 0 Å². The molecule has 0 rings (SSSR count). The predicted octanol–water partition coefficient (Wildman–Crippen LogP) is 2.70. The summed E-state index contributed by atoms with van der Waals surface area (Å²) < 4.78 is 10.1. The molecule has 0 heterocycles. The summed E-state index contributed by atoms with van der Waals surface area (Å²) in [5.41, 5.74) is 0.803. The fourth-order valence-electron chi connectivity index (χ4n) is 1.34. The number of hydrogen-bond acceptors (Lipinski definition) is 3. The largest absolute Gasteiger partial charge is 0.352 e. The molecule has 0 spiro atoms. The van der Waals surface area contributed by atoms with Crippen molar-refractivity contribution in [3.8, 4) is 0 Å². The van der Waals surface area contributed by atoms with Crippen LogP contribution in [0.3, 0.4) is 0 Å². The number of methoxy groups -OCH3 is 2. The van der Waals surface area contributed by atoms with Crippen molar-refractivity contribution < 1.29 is 14.3 Å². The number of Topliss-reactive ketones (excluding diaryl/α,β-unsaturated/α-hetero) is 1. The third-order valence-corrected chi connectivity index (χ3v) is 2.30. The van der Waals surface area contributed by atoms with Gasteiger partial charge in [0.25, 0.3) is 0 Å². The average Bonchev–Trinajstić information content (AvgIpc) is 2.23. The van der Waals surface area contributed by atoms with Gasteiger partial charge in [0.15, 0.2) is 12.1 Å². The average molecular weight is 214 g/mol. The Morgan fingerprint density at radius 3 is 2.27 bits per heavy atom. The van der Waals surface area contributed by atoms with Crippen LogP contribution in [-0.2, 0) is 14.3 Å². The number of allylic oxidation sites excluding steroid dienone is 1. The van der Waals surface area contributed by atoms with Crippen molar-refractivity contribution in [1.82, 2.24) is 0 Å². The van der Waals surface area contributed by atoms with Gasteiger partial charge in [0, 0.05) is 14.2 Å². The molecule has 0 saturated heterocycles. The van der Waals surface area contributed by atoms with Gasteiger partial charge in [-0.25, -0.2) is 0 Å². The Morgan fingerprint density at radius 2 is 1.87 bits per heavy atom. The van der Waals surface area contributed by atoms with Gasteiger partial charge in [-0.05, 0) is 31.4 Å². The minimum Gasteiger partial charge on any atom is -0.352 e. The highest BCUT2D eigenvalue weighted by atomic mass is 16.7. The smallest absolute Gasteiger partial charge is 0.176 e. The van der Waals surface area contributed by atoms with Gasteiger partial charge in [0.2, 0.25) is 0 Å². The molecular weight excluding hydrogens is 192 g/mol. The molecule has 0 amide bonds. The van der Waals surface area contributed by atoms with Crippen molar-refractivity contribution in [2.24, 2.45) is 0 Å². The van der Waals surface area contributed by atoms with E-state index < -0.39 is 6.29 Å². The zero-order valence-electron chi connectivity index (χ0n) is 10.2. The predicted molar refractivity (Wildman–Crippen MR) is 60.7 cm³/mol. The lowest BCUT2D eigenvalue weighted by molar-refractivity contribution is -0.114. The lowest BCUT2D eigenvalue weighted by atomic mass is 10.0. The topological polar surface area (TPSA) is 35.5 Å². The molecule has 3 heteroatoms. The van der Waals surface area contributed by atoms with Crippen molar-refractivity contribution in [2.45, 2.75) is 45.8 Å². The third kappa shape index (κ3) is 6.42. The zero-order valence-corrected chi connectivity index (χ0v) is 10.2. The molecule has 0 unspecified atom stereocenters. The number of carbonyl (C=O) groups excluding carboxylic acids is 1. The first-order valence-corrected chi connectivity index (χ1v) is 5.42. The van der Waals surface area contributed by atoms with Gasteiger partial charge in [-0.1, -0.05) is 19.8 Å². The maximum absolute atomic E-state index is 11.3. The summed E-state index contributed by atoms with van der Waals surface area (Å²) in [5, 5.41) is 0. The minimum atomic E-state index is -0.412. The highest BCUT2D eigenvalue weighted by Gasteiger charge is 2.08. The number of ketones is 1. The van der Waals surface area contributed by atoms with Crippen LogP contribution in [0.5, 0.6) is 0 Å². The van der Waals surface area contributed by atoms with E-state index in [0.29, 0.717) is 0 Å². The molecule has 0 aliphatic heterocycles. The normalized spacial score (nSPS) is 12.2. The van der Waals surface area contributed by atoms with Crippen LogP contribution >= 0.6 is 0 Å². The van der Waals surface area contributed by atoms with E-state index in [1.54, 1.807) is 27.2 Å². The Kier molecular flexibility index (Phi) is 8.24. The SMILES string of the molecule is CCCCC/C(=C\C(OC)OC)C(C)=O. The summed E-state index contributed by atoms with van der Waals surface area (Å²) in [5.74, 6) is 0.102. The fourth-order valence-corrected chi connectivity index (χ4v) is 1.34. The summed E-state index contributed by atoms with van der Waals surface area (Å²) >= 11 is 0. The number of ether oxygens (including phenoxy) is 2. The van der Waals surface area contributed by atoms with Crippen molar-refractivity contribution in [3.05, 3.63) is 11.6 Å². The van der Waals surface area contributed by atoms with Crippen molar-refractivity contribution >= 4 is 5.78 Å². The molecule has 0 N–H and O–H groups in total. The van der Waals surface area contributed by atoms with Gasteiger partial charge >= 0.3 is 0 Å². The second-order valence-electron chi connectivity index (χ2n) is 3.54. The van der Waals surface area contributed by atoms with E-state index in [2.05, 4.69) is 6.92 Å². The molecular formula is C12H22O3. The zero-order chi connectivity index (χ0) is 11.7. The Labute approximate surface area is 92.5 Å². The van der Waals surface area contributed by atoms with E-state index >= 15 is 0 Å². The monoisotopic (exact) mass is 214 g/mol. The molecule has 0 aromatic carbocycles. The first-order valence-electron chi connectivity index (χ1n) is 5.42. The lowest BCUT2D eigenvalue weighted by Gasteiger charge is -2.11. The summed E-state index contributed by atoms with van der Waals surface area (Å²) in [4.78, 5) is 11.3. The van der Waals surface area contributed by atoms with Crippen molar-refractivity contribution in [2.75, 3.05) is 14.2 Å². The second kappa shape index (κ2) is 8.62. The Morgan fingerprint density at radius 1 is 1.27 bits per heavy atom. The summed E-state index contributed by atoms with van der Waals surface area (Å²) in [6.45, 7) is 3.73. The standard InChI is InChI=1S/C12H22O3/c1-5-6-7-8-11(10(2)13)9-12(14-3)15-4/h9,12H,5-8H2,1-4H3/b11-9+. The Hall–Kier alpha value is -0.670. The molecule has 0 aromatic rings. The van der Waals surface area contributed by atoms with Gasteiger partial charge in [0.05, 0.1) is 0 Å². The summed E-state index contributed by atoms with van der Waals surface area (Å²) in [6.07, 6.45) is 5.51. The molecule has 0 aromatic heterocycles. The van der Waals surface area contributed by atoms with Gasteiger partial charge in [0.1, 0.15) is 0 Å². The molecule has 0 saturated carbocycles. The quantitative estimate of drug-likeness (QED) is 0.354. The van der Waals surface area contributed by atoms with E-state index in [9.17, 15) is 4.79 Å². The first kappa shape index (κ1) is 14.3. The number of rotatable bonds is 8. The summed E-state index contributed by atoms with van der Waals surface area (Å²) in [7, 11) is 3.13. The highest BCUT2D eigenvalue weighted by Crippen LogP contribution is 2.12. The van der Waals surface area contributed by atoms with Crippen LogP contribution in [0.15, 0.2) is 11.6 Å². The Bertz CT molecular complexity index is 205. The van der Waals surface area contributed by atoms with Crippen LogP contribution in [0.4, 0.5) is 0 Å². The maximum atomic E-state index is 11.3.